The Hall–Kier alpha value is -1.57. The Morgan fingerprint density at radius 3 is 2.58 bits per heavy atom. The molecule has 0 atom stereocenters. The summed E-state index contributed by atoms with van der Waals surface area (Å²) >= 11 is 1.50. The summed E-state index contributed by atoms with van der Waals surface area (Å²) in [5, 5.41) is 12.7. The fourth-order valence-corrected chi connectivity index (χ4v) is 2.48. The zero-order valence-corrected chi connectivity index (χ0v) is 12.3. The first-order valence-electron chi connectivity index (χ1n) is 6.14. The van der Waals surface area contributed by atoms with E-state index in [2.05, 4.69) is 20.3 Å². The molecule has 0 aliphatic rings. The monoisotopic (exact) mass is 282 g/mol. The second-order valence-corrected chi connectivity index (χ2v) is 5.74. The van der Waals surface area contributed by atoms with Gasteiger partial charge in [-0.05, 0) is 13.8 Å². The summed E-state index contributed by atoms with van der Waals surface area (Å²) in [5.41, 5.74) is 5.78. The maximum atomic E-state index is 5.78. The van der Waals surface area contributed by atoms with Crippen LogP contribution in [-0.2, 0) is 5.75 Å². The Labute approximate surface area is 116 Å². The zero-order valence-electron chi connectivity index (χ0n) is 11.5. The number of nitrogens with zero attached hydrogens (tertiary/aromatic N) is 5. The smallest absolute Gasteiger partial charge is 0.229 e. The SMILES string of the molecule is CC(C)c1nc(CSc2nnc(N)n2C(C)C)no1. The molecule has 0 saturated heterocycles. The van der Waals surface area contributed by atoms with E-state index < -0.39 is 0 Å². The minimum Gasteiger partial charge on any atom is -0.368 e. The van der Waals surface area contributed by atoms with E-state index in [0.717, 1.165) is 5.16 Å². The topological polar surface area (TPSA) is 95.7 Å². The molecule has 2 heterocycles. The van der Waals surface area contributed by atoms with Gasteiger partial charge in [0.05, 0.1) is 5.75 Å². The summed E-state index contributed by atoms with van der Waals surface area (Å²) in [4.78, 5) is 4.32. The molecular formula is C11H18N6OS. The molecule has 0 fully saturated rings. The molecule has 104 valence electrons. The second-order valence-electron chi connectivity index (χ2n) is 4.80. The van der Waals surface area contributed by atoms with Gasteiger partial charge in [-0.2, -0.15) is 4.98 Å². The highest BCUT2D eigenvalue weighted by Crippen LogP contribution is 2.25. The molecule has 2 aromatic heterocycles. The highest BCUT2D eigenvalue weighted by molar-refractivity contribution is 7.98. The molecule has 0 spiro atoms. The molecule has 2 N–H and O–H groups in total. The van der Waals surface area contributed by atoms with Gasteiger partial charge in [-0.15, -0.1) is 10.2 Å². The molecule has 0 aliphatic carbocycles. The van der Waals surface area contributed by atoms with Crippen molar-refractivity contribution in [3.05, 3.63) is 11.7 Å². The first-order chi connectivity index (χ1) is 8.99. The van der Waals surface area contributed by atoms with E-state index in [1.54, 1.807) is 0 Å². The van der Waals surface area contributed by atoms with Crippen molar-refractivity contribution < 1.29 is 4.52 Å². The Balaban J connectivity index is 2.06. The van der Waals surface area contributed by atoms with Crippen LogP contribution in [0.15, 0.2) is 9.68 Å². The summed E-state index contributed by atoms with van der Waals surface area (Å²) in [7, 11) is 0. The van der Waals surface area contributed by atoms with Crippen LogP contribution in [0.2, 0.25) is 0 Å². The minimum atomic E-state index is 0.217. The number of anilines is 1. The molecular weight excluding hydrogens is 264 g/mol. The van der Waals surface area contributed by atoms with Crippen LogP contribution < -0.4 is 5.73 Å². The predicted octanol–water partition coefficient (Wildman–Crippen LogP) is 2.24. The van der Waals surface area contributed by atoms with E-state index in [9.17, 15) is 0 Å². The standard InChI is InChI=1S/C11H18N6OS/c1-6(2)9-13-8(16-18-9)5-19-11-15-14-10(12)17(11)7(3)4/h6-7H,5H2,1-4H3,(H2,12,14). The molecule has 2 rings (SSSR count). The molecule has 0 saturated carbocycles. The van der Waals surface area contributed by atoms with Crippen LogP contribution in [0, 0.1) is 0 Å². The van der Waals surface area contributed by atoms with Crippen molar-refractivity contribution in [3.63, 3.8) is 0 Å². The maximum Gasteiger partial charge on any atom is 0.229 e. The van der Waals surface area contributed by atoms with Crippen molar-refractivity contribution >= 4 is 17.7 Å². The van der Waals surface area contributed by atoms with Gasteiger partial charge < -0.3 is 10.3 Å². The zero-order chi connectivity index (χ0) is 14.0. The summed E-state index contributed by atoms with van der Waals surface area (Å²) in [5.74, 6) is 2.56. The van der Waals surface area contributed by atoms with Gasteiger partial charge in [-0.25, -0.2) is 0 Å². The van der Waals surface area contributed by atoms with E-state index in [4.69, 9.17) is 10.3 Å². The lowest BCUT2D eigenvalue weighted by Gasteiger charge is -2.10. The lowest BCUT2D eigenvalue weighted by atomic mass is 10.2. The van der Waals surface area contributed by atoms with E-state index in [-0.39, 0.29) is 12.0 Å². The summed E-state index contributed by atoms with van der Waals surface area (Å²) in [6.07, 6.45) is 0. The first kappa shape index (κ1) is 13.9. The highest BCUT2D eigenvalue weighted by Gasteiger charge is 2.15. The Morgan fingerprint density at radius 1 is 1.26 bits per heavy atom. The lowest BCUT2D eigenvalue weighted by Crippen LogP contribution is -2.07. The van der Waals surface area contributed by atoms with Gasteiger partial charge in [-0.3, -0.25) is 4.57 Å². The van der Waals surface area contributed by atoms with Crippen molar-refractivity contribution in [2.45, 2.75) is 50.6 Å². The third-order valence-electron chi connectivity index (χ3n) is 2.52. The lowest BCUT2D eigenvalue weighted by molar-refractivity contribution is 0.362. The van der Waals surface area contributed by atoms with Crippen molar-refractivity contribution in [3.8, 4) is 0 Å². The average molecular weight is 282 g/mol. The molecule has 0 aromatic carbocycles. The predicted molar refractivity (Wildman–Crippen MR) is 72.8 cm³/mol. The van der Waals surface area contributed by atoms with E-state index in [1.807, 2.05) is 32.3 Å². The van der Waals surface area contributed by atoms with Gasteiger partial charge in [0.15, 0.2) is 11.0 Å². The van der Waals surface area contributed by atoms with Gasteiger partial charge in [0.25, 0.3) is 0 Å². The fraction of sp³-hybridized carbons (Fsp3) is 0.636. The maximum absolute atomic E-state index is 5.78. The molecule has 0 bridgehead atoms. The molecule has 0 radical (unpaired) electrons. The van der Waals surface area contributed by atoms with Crippen LogP contribution in [0.5, 0.6) is 0 Å². The van der Waals surface area contributed by atoms with Crippen LogP contribution in [0.1, 0.15) is 51.4 Å². The third kappa shape index (κ3) is 3.06. The van der Waals surface area contributed by atoms with Crippen molar-refractivity contribution in [2.75, 3.05) is 5.73 Å². The van der Waals surface area contributed by atoms with Crippen LogP contribution in [0.4, 0.5) is 5.95 Å². The first-order valence-corrected chi connectivity index (χ1v) is 7.13. The van der Waals surface area contributed by atoms with Crippen molar-refractivity contribution in [1.82, 2.24) is 24.9 Å². The number of aromatic nitrogens is 5. The van der Waals surface area contributed by atoms with Crippen LogP contribution >= 0.6 is 11.8 Å². The van der Waals surface area contributed by atoms with Crippen LogP contribution in [-0.4, -0.2) is 24.9 Å². The Bertz CT molecular complexity index is 547. The van der Waals surface area contributed by atoms with Gasteiger partial charge >= 0.3 is 0 Å². The number of thioether (sulfide) groups is 1. The van der Waals surface area contributed by atoms with Gasteiger partial charge in [-0.1, -0.05) is 30.8 Å². The molecule has 8 heteroatoms. The van der Waals surface area contributed by atoms with Gasteiger partial charge in [0.2, 0.25) is 11.8 Å². The molecule has 2 aromatic rings. The van der Waals surface area contributed by atoms with Gasteiger partial charge in [0.1, 0.15) is 0 Å². The molecule has 7 nitrogen and oxygen atoms in total. The molecule has 0 amide bonds. The quantitative estimate of drug-likeness (QED) is 0.840. The fourth-order valence-electron chi connectivity index (χ4n) is 1.56. The summed E-state index contributed by atoms with van der Waals surface area (Å²) in [6.45, 7) is 8.10. The van der Waals surface area contributed by atoms with E-state index in [1.165, 1.54) is 11.8 Å². The highest BCUT2D eigenvalue weighted by atomic mass is 32.2. The minimum absolute atomic E-state index is 0.217. The molecule has 0 unspecified atom stereocenters. The molecule has 0 aliphatic heterocycles. The van der Waals surface area contributed by atoms with E-state index >= 15 is 0 Å². The van der Waals surface area contributed by atoms with Crippen molar-refractivity contribution in [2.24, 2.45) is 0 Å². The number of hydrogen-bond donors (Lipinski definition) is 1. The molecule has 19 heavy (non-hydrogen) atoms. The van der Waals surface area contributed by atoms with Crippen molar-refractivity contribution in [1.29, 1.82) is 0 Å². The number of rotatable bonds is 5. The average Bonchev–Trinajstić information content (AvgIpc) is 2.92. The Kier molecular flexibility index (Phi) is 4.08. The van der Waals surface area contributed by atoms with Gasteiger partial charge in [0, 0.05) is 12.0 Å². The van der Waals surface area contributed by atoms with Crippen LogP contribution in [0.25, 0.3) is 0 Å². The largest absolute Gasteiger partial charge is 0.368 e. The van der Waals surface area contributed by atoms with Crippen LogP contribution in [0.3, 0.4) is 0 Å². The summed E-state index contributed by atoms with van der Waals surface area (Å²) in [6, 6.07) is 0.217. The third-order valence-corrected chi connectivity index (χ3v) is 3.45. The van der Waals surface area contributed by atoms with E-state index in [0.29, 0.717) is 23.4 Å². The number of nitrogens with two attached hydrogens (primary N) is 1. The Morgan fingerprint density at radius 2 is 2.00 bits per heavy atom. The normalized spacial score (nSPS) is 11.7. The second kappa shape index (κ2) is 5.60. The number of hydrogen-bond acceptors (Lipinski definition) is 7. The summed E-state index contributed by atoms with van der Waals surface area (Å²) < 4.78 is 7.04. The number of nitrogen functional groups attached to an aromatic ring is 1.